The van der Waals surface area contributed by atoms with Gasteiger partial charge in [-0.2, -0.15) is 0 Å². The predicted molar refractivity (Wildman–Crippen MR) is 143 cm³/mol. The Labute approximate surface area is 237 Å². The van der Waals surface area contributed by atoms with Crippen LogP contribution < -0.4 is 0 Å². The number of aromatic hydroxyl groups is 2. The van der Waals surface area contributed by atoms with Crippen molar-refractivity contribution in [3.05, 3.63) is 114 Å². The maximum absolute atomic E-state index is 10.0. The van der Waals surface area contributed by atoms with E-state index >= 15 is 0 Å². The van der Waals surface area contributed by atoms with E-state index in [0.717, 1.165) is 0 Å². The van der Waals surface area contributed by atoms with Crippen molar-refractivity contribution in [2.24, 2.45) is 0 Å². The number of nitro groups is 2. The van der Waals surface area contributed by atoms with Crippen molar-refractivity contribution in [3.63, 3.8) is 0 Å². The Balaban J connectivity index is 0.000000465. The standard InChI is InChI=1S/2C8H12.2C6H5NO3.Zr/c2*1-6-4-5-7(2)8(6)3;2*8-6-3-1-5(2-4-6)7(9)10;/h2*4H,5H2,1-3H3;2*1-4,8H;. The SMILES string of the molecule is CC1=CCC(C)=C1C.CC1=CCC(C)=C1C.O=[N+]([O-])c1ccc(O)cc1.O=[N+]([O-])c1ccc(O)cc1.[Zr]. The Morgan fingerprint density at radius 1 is 0.595 bits per heavy atom. The normalized spacial score (nSPS) is 13.5. The van der Waals surface area contributed by atoms with Gasteiger partial charge in [0.15, 0.2) is 0 Å². The van der Waals surface area contributed by atoms with E-state index in [1.165, 1.54) is 94.8 Å². The Hall–Kier alpha value is -3.32. The van der Waals surface area contributed by atoms with E-state index in [9.17, 15) is 20.2 Å². The number of hydrogen-bond acceptors (Lipinski definition) is 6. The third-order valence-electron chi connectivity index (χ3n) is 6.01. The fourth-order valence-electron chi connectivity index (χ4n) is 3.05. The molecule has 0 aliphatic heterocycles. The fourth-order valence-corrected chi connectivity index (χ4v) is 3.05. The largest absolute Gasteiger partial charge is 0.508 e. The van der Waals surface area contributed by atoms with Gasteiger partial charge in [0.1, 0.15) is 11.5 Å². The van der Waals surface area contributed by atoms with Crippen LogP contribution in [0.4, 0.5) is 11.4 Å². The second-order valence-corrected chi connectivity index (χ2v) is 8.54. The molecule has 0 unspecified atom stereocenters. The molecule has 196 valence electrons. The zero-order chi connectivity index (χ0) is 27.4. The van der Waals surface area contributed by atoms with Gasteiger partial charge < -0.3 is 10.2 Å². The maximum Gasteiger partial charge on any atom is 0.269 e. The molecule has 0 amide bonds. The molecule has 2 aliphatic carbocycles. The minimum absolute atomic E-state index is 0. The predicted octanol–water partition coefficient (Wildman–Crippen LogP) is 7.94. The number of allylic oxidation sites excluding steroid dienone is 8. The number of phenols is 2. The second-order valence-electron chi connectivity index (χ2n) is 8.54. The molecule has 0 spiro atoms. The molecule has 0 fully saturated rings. The number of phenolic OH excluding ortho intramolecular Hbond substituents is 2. The van der Waals surface area contributed by atoms with Gasteiger partial charge in [-0.15, -0.1) is 0 Å². The topological polar surface area (TPSA) is 127 Å². The molecule has 0 saturated carbocycles. The van der Waals surface area contributed by atoms with Crippen LogP contribution in [0, 0.1) is 20.2 Å². The average Bonchev–Trinajstić information content (AvgIpc) is 3.30. The summed E-state index contributed by atoms with van der Waals surface area (Å²) >= 11 is 0. The minimum atomic E-state index is -0.514. The summed E-state index contributed by atoms with van der Waals surface area (Å²) in [6.07, 6.45) is 6.92. The first kappa shape index (κ1) is 33.7. The molecule has 2 aliphatic rings. The molecule has 9 heteroatoms. The van der Waals surface area contributed by atoms with Crippen molar-refractivity contribution in [2.45, 2.75) is 54.4 Å². The first-order chi connectivity index (χ1) is 16.8. The summed E-state index contributed by atoms with van der Waals surface area (Å²) in [5, 5.41) is 37.5. The summed E-state index contributed by atoms with van der Waals surface area (Å²) in [5.41, 5.74) is 8.93. The van der Waals surface area contributed by atoms with Crippen LogP contribution in [0.15, 0.2) is 94.1 Å². The van der Waals surface area contributed by atoms with Gasteiger partial charge in [-0.25, -0.2) is 0 Å². The summed E-state index contributed by atoms with van der Waals surface area (Å²) < 4.78 is 0. The first-order valence-corrected chi connectivity index (χ1v) is 11.4. The van der Waals surface area contributed by atoms with Crippen molar-refractivity contribution >= 4 is 11.4 Å². The van der Waals surface area contributed by atoms with Crippen molar-refractivity contribution in [1.29, 1.82) is 0 Å². The number of nitrogens with zero attached hydrogens (tertiary/aromatic N) is 2. The van der Waals surface area contributed by atoms with Gasteiger partial charge in [0.25, 0.3) is 11.4 Å². The molecular formula is C28H34N2O6Zr. The van der Waals surface area contributed by atoms with E-state index < -0.39 is 9.85 Å². The molecule has 0 bridgehead atoms. The van der Waals surface area contributed by atoms with Gasteiger partial charge in [-0.3, -0.25) is 20.2 Å². The van der Waals surface area contributed by atoms with E-state index in [-0.39, 0.29) is 49.1 Å². The van der Waals surface area contributed by atoms with Gasteiger partial charge in [-0.1, -0.05) is 34.4 Å². The fraction of sp³-hybridized carbons (Fsp3) is 0.286. The third-order valence-corrected chi connectivity index (χ3v) is 6.01. The van der Waals surface area contributed by atoms with Gasteiger partial charge in [0.2, 0.25) is 0 Å². The Bertz CT molecular complexity index is 1090. The molecule has 2 aromatic rings. The maximum atomic E-state index is 10.0. The minimum Gasteiger partial charge on any atom is -0.508 e. The van der Waals surface area contributed by atoms with Gasteiger partial charge in [-0.05, 0) is 89.8 Å². The van der Waals surface area contributed by atoms with Crippen LogP contribution in [0.25, 0.3) is 0 Å². The van der Waals surface area contributed by atoms with Crippen LogP contribution in [0.2, 0.25) is 0 Å². The summed E-state index contributed by atoms with van der Waals surface area (Å²) in [7, 11) is 0. The van der Waals surface area contributed by atoms with E-state index in [0.29, 0.717) is 0 Å². The summed E-state index contributed by atoms with van der Waals surface area (Å²) in [4.78, 5) is 19.0. The monoisotopic (exact) mass is 584 g/mol. The Morgan fingerprint density at radius 3 is 1.00 bits per heavy atom. The van der Waals surface area contributed by atoms with Crippen molar-refractivity contribution in [2.75, 3.05) is 0 Å². The zero-order valence-corrected chi connectivity index (χ0v) is 24.6. The third kappa shape index (κ3) is 12.0. The summed E-state index contributed by atoms with van der Waals surface area (Å²) in [6, 6.07) is 10.1. The molecule has 0 radical (unpaired) electrons. The molecule has 0 heterocycles. The number of hydrogen-bond donors (Lipinski definition) is 2. The zero-order valence-electron chi connectivity index (χ0n) is 22.1. The quantitative estimate of drug-likeness (QED) is 0.272. The van der Waals surface area contributed by atoms with Crippen LogP contribution in [-0.2, 0) is 26.2 Å². The molecule has 0 atom stereocenters. The van der Waals surface area contributed by atoms with Crippen LogP contribution >= 0.6 is 0 Å². The van der Waals surface area contributed by atoms with Gasteiger partial charge >= 0.3 is 0 Å². The van der Waals surface area contributed by atoms with E-state index in [4.69, 9.17) is 10.2 Å². The average molecular weight is 586 g/mol. The molecule has 0 saturated heterocycles. The molecule has 2 aromatic carbocycles. The second kappa shape index (κ2) is 16.4. The Kier molecular flexibility index (Phi) is 15.0. The number of nitro benzene ring substituents is 2. The van der Waals surface area contributed by atoms with E-state index in [1.54, 1.807) is 0 Å². The van der Waals surface area contributed by atoms with Gasteiger partial charge in [0.05, 0.1) is 9.85 Å². The van der Waals surface area contributed by atoms with E-state index in [2.05, 4.69) is 53.7 Å². The van der Waals surface area contributed by atoms with Gasteiger partial charge in [0, 0.05) is 50.5 Å². The molecule has 0 aromatic heterocycles. The number of non-ortho nitro benzene ring substituents is 2. The summed E-state index contributed by atoms with van der Waals surface area (Å²) in [5.74, 6) is 0.0659. The molecule has 4 rings (SSSR count). The van der Waals surface area contributed by atoms with Crippen molar-refractivity contribution in [1.82, 2.24) is 0 Å². The van der Waals surface area contributed by atoms with Crippen LogP contribution in [0.5, 0.6) is 11.5 Å². The first-order valence-electron chi connectivity index (χ1n) is 11.4. The Morgan fingerprint density at radius 2 is 0.865 bits per heavy atom. The molecule has 8 nitrogen and oxygen atoms in total. The van der Waals surface area contributed by atoms with Crippen LogP contribution in [0.1, 0.15) is 54.4 Å². The molecule has 2 N–H and O–H groups in total. The van der Waals surface area contributed by atoms with Crippen LogP contribution in [-0.4, -0.2) is 20.1 Å². The van der Waals surface area contributed by atoms with Crippen molar-refractivity contribution < 1.29 is 46.3 Å². The molecular weight excluding hydrogens is 552 g/mol. The van der Waals surface area contributed by atoms with Crippen molar-refractivity contribution in [3.8, 4) is 11.5 Å². The van der Waals surface area contributed by atoms with E-state index in [1.807, 2.05) is 0 Å². The smallest absolute Gasteiger partial charge is 0.269 e. The molecule has 37 heavy (non-hydrogen) atoms. The summed E-state index contributed by atoms with van der Waals surface area (Å²) in [6.45, 7) is 13.1. The number of rotatable bonds is 2. The number of benzene rings is 2. The van der Waals surface area contributed by atoms with Crippen LogP contribution in [0.3, 0.4) is 0 Å².